The summed E-state index contributed by atoms with van der Waals surface area (Å²) in [6.07, 6.45) is 2.96. The van der Waals surface area contributed by atoms with E-state index in [9.17, 15) is 5.11 Å². The van der Waals surface area contributed by atoms with Gasteiger partial charge in [-0.2, -0.15) is 0 Å². The molecule has 4 heteroatoms. The second-order valence-electron chi connectivity index (χ2n) is 3.41. The maximum Gasteiger partial charge on any atom is 0.137 e. The average Bonchev–Trinajstić information content (AvgIpc) is 2.60. The Hall–Kier alpha value is -1.39. The molecule has 0 aliphatic carbocycles. The summed E-state index contributed by atoms with van der Waals surface area (Å²) in [6, 6.07) is 3.43. The highest BCUT2D eigenvalue weighted by Crippen LogP contribution is 2.22. The Morgan fingerprint density at radius 2 is 2.36 bits per heavy atom. The van der Waals surface area contributed by atoms with Crippen LogP contribution in [-0.4, -0.2) is 21.2 Å². The van der Waals surface area contributed by atoms with Crippen molar-refractivity contribution in [3.8, 4) is 0 Å². The summed E-state index contributed by atoms with van der Waals surface area (Å²) in [4.78, 5) is 7.17. The van der Waals surface area contributed by atoms with E-state index >= 15 is 0 Å². The number of nitrogens with two attached hydrogens (primary N) is 1. The van der Waals surface area contributed by atoms with E-state index < -0.39 is 6.10 Å². The molecule has 2 atom stereocenters. The van der Waals surface area contributed by atoms with Crippen LogP contribution in [-0.2, 0) is 0 Å². The molecule has 0 radical (unpaired) electrons. The third kappa shape index (κ3) is 1.38. The van der Waals surface area contributed by atoms with Gasteiger partial charge in [0.05, 0.1) is 12.1 Å². The summed E-state index contributed by atoms with van der Waals surface area (Å²) in [5.74, 6) is 0. The van der Waals surface area contributed by atoms with Crippen molar-refractivity contribution < 1.29 is 5.11 Å². The Morgan fingerprint density at radius 1 is 1.57 bits per heavy atom. The third-order valence-corrected chi connectivity index (χ3v) is 2.36. The lowest BCUT2D eigenvalue weighted by Gasteiger charge is -2.13. The van der Waals surface area contributed by atoms with Gasteiger partial charge in [0, 0.05) is 17.8 Å². The lowest BCUT2D eigenvalue weighted by Crippen LogP contribution is -2.22. The molecule has 0 spiro atoms. The number of pyridine rings is 1. The van der Waals surface area contributed by atoms with Gasteiger partial charge in [0.25, 0.3) is 0 Å². The number of nitrogens with one attached hydrogen (secondary N) is 1. The average molecular weight is 191 g/mol. The van der Waals surface area contributed by atoms with Crippen LogP contribution in [0.2, 0.25) is 0 Å². The summed E-state index contributed by atoms with van der Waals surface area (Å²) in [5.41, 5.74) is 7.56. The van der Waals surface area contributed by atoms with Crippen LogP contribution in [0.1, 0.15) is 18.5 Å². The predicted molar refractivity (Wildman–Crippen MR) is 54.7 cm³/mol. The number of H-pyrrole nitrogens is 1. The number of aromatic amines is 1. The molecule has 0 fully saturated rings. The molecular formula is C10H13N3O. The monoisotopic (exact) mass is 191 g/mol. The number of hydrogen-bond acceptors (Lipinski definition) is 3. The van der Waals surface area contributed by atoms with E-state index in [0.29, 0.717) is 0 Å². The van der Waals surface area contributed by atoms with E-state index in [-0.39, 0.29) is 6.04 Å². The first-order chi connectivity index (χ1) is 6.70. The van der Waals surface area contributed by atoms with E-state index in [0.717, 1.165) is 16.6 Å². The molecule has 2 aromatic rings. The first-order valence-corrected chi connectivity index (χ1v) is 4.56. The second-order valence-corrected chi connectivity index (χ2v) is 3.41. The highest BCUT2D eigenvalue weighted by molar-refractivity contribution is 5.80. The molecule has 74 valence electrons. The molecule has 0 saturated heterocycles. The van der Waals surface area contributed by atoms with Gasteiger partial charge in [-0.05, 0) is 24.6 Å². The number of fused-ring (bicyclic) bond motifs is 1. The molecule has 0 saturated carbocycles. The van der Waals surface area contributed by atoms with Crippen LogP contribution in [0.4, 0.5) is 0 Å². The van der Waals surface area contributed by atoms with Gasteiger partial charge in [-0.1, -0.05) is 0 Å². The Bertz CT molecular complexity index is 436. The molecule has 0 aliphatic heterocycles. The van der Waals surface area contributed by atoms with E-state index in [4.69, 9.17) is 5.73 Å². The predicted octanol–water partition coefficient (Wildman–Crippen LogP) is 0.944. The normalized spacial score (nSPS) is 15.6. The van der Waals surface area contributed by atoms with Gasteiger partial charge in [0.1, 0.15) is 5.65 Å². The second kappa shape index (κ2) is 3.40. The quantitative estimate of drug-likeness (QED) is 0.661. The van der Waals surface area contributed by atoms with Gasteiger partial charge in [-0.15, -0.1) is 0 Å². The minimum Gasteiger partial charge on any atom is -0.391 e. The van der Waals surface area contributed by atoms with Crippen LogP contribution >= 0.6 is 0 Å². The number of aromatic nitrogens is 2. The molecule has 0 aliphatic rings. The maximum absolute atomic E-state index is 9.39. The van der Waals surface area contributed by atoms with Gasteiger partial charge in [0.15, 0.2) is 0 Å². The lowest BCUT2D eigenvalue weighted by molar-refractivity contribution is 0.165. The fraction of sp³-hybridized carbons (Fsp3) is 0.300. The lowest BCUT2D eigenvalue weighted by atomic mass is 10.0. The Morgan fingerprint density at radius 3 is 3.07 bits per heavy atom. The van der Waals surface area contributed by atoms with Gasteiger partial charge in [0.2, 0.25) is 0 Å². The number of aliphatic hydroxyl groups is 1. The maximum atomic E-state index is 9.39. The SMILES string of the molecule is C[C@@H](O)[C@H](N)c1c[nH]c2ncccc12. The van der Waals surface area contributed by atoms with Crippen LogP contribution in [0.3, 0.4) is 0 Å². The van der Waals surface area contributed by atoms with Crippen LogP contribution in [0, 0.1) is 0 Å². The Labute approximate surface area is 81.8 Å². The molecular weight excluding hydrogens is 178 g/mol. The first-order valence-electron chi connectivity index (χ1n) is 4.56. The summed E-state index contributed by atoms with van der Waals surface area (Å²) >= 11 is 0. The number of nitrogens with zero attached hydrogens (tertiary/aromatic N) is 1. The Kier molecular flexibility index (Phi) is 2.23. The van der Waals surface area contributed by atoms with Crippen molar-refractivity contribution in [2.75, 3.05) is 0 Å². The molecule has 0 amide bonds. The molecule has 4 nitrogen and oxygen atoms in total. The largest absolute Gasteiger partial charge is 0.391 e. The molecule has 2 aromatic heterocycles. The minimum absolute atomic E-state index is 0.368. The van der Waals surface area contributed by atoms with E-state index in [1.165, 1.54) is 0 Å². The van der Waals surface area contributed by atoms with Gasteiger partial charge in [-0.3, -0.25) is 0 Å². The summed E-state index contributed by atoms with van der Waals surface area (Å²) in [7, 11) is 0. The highest BCUT2D eigenvalue weighted by Gasteiger charge is 2.16. The fourth-order valence-corrected chi connectivity index (χ4v) is 1.51. The van der Waals surface area contributed by atoms with Crippen LogP contribution in [0.25, 0.3) is 11.0 Å². The van der Waals surface area contributed by atoms with Gasteiger partial charge >= 0.3 is 0 Å². The third-order valence-electron chi connectivity index (χ3n) is 2.36. The van der Waals surface area contributed by atoms with Crippen LogP contribution in [0.15, 0.2) is 24.5 Å². The molecule has 0 unspecified atom stereocenters. The molecule has 14 heavy (non-hydrogen) atoms. The van der Waals surface area contributed by atoms with Gasteiger partial charge < -0.3 is 15.8 Å². The summed E-state index contributed by atoms with van der Waals surface area (Å²) in [6.45, 7) is 1.68. The van der Waals surface area contributed by atoms with Crippen molar-refractivity contribution in [3.63, 3.8) is 0 Å². The summed E-state index contributed by atoms with van der Waals surface area (Å²) in [5, 5.41) is 10.4. The van der Waals surface area contributed by atoms with Crippen molar-refractivity contribution in [1.82, 2.24) is 9.97 Å². The van der Waals surface area contributed by atoms with Crippen molar-refractivity contribution in [3.05, 3.63) is 30.1 Å². The van der Waals surface area contributed by atoms with Gasteiger partial charge in [-0.25, -0.2) is 4.98 Å². The zero-order valence-electron chi connectivity index (χ0n) is 7.94. The van der Waals surface area contributed by atoms with Crippen molar-refractivity contribution in [1.29, 1.82) is 0 Å². The first kappa shape index (κ1) is 9.18. The standard InChI is InChI=1S/C10H13N3O/c1-6(14)9(11)8-5-13-10-7(8)3-2-4-12-10/h2-6,9,14H,11H2,1H3,(H,12,13)/t6-,9+/m1/s1. The molecule has 4 N–H and O–H groups in total. The van der Waals surface area contributed by atoms with E-state index in [1.54, 1.807) is 19.3 Å². The molecule has 0 aromatic carbocycles. The van der Waals surface area contributed by atoms with Crippen LogP contribution in [0.5, 0.6) is 0 Å². The number of hydrogen-bond donors (Lipinski definition) is 3. The van der Waals surface area contributed by atoms with Crippen LogP contribution < -0.4 is 5.73 Å². The molecule has 2 rings (SSSR count). The number of aliphatic hydroxyl groups excluding tert-OH is 1. The van der Waals surface area contributed by atoms with E-state index in [1.807, 2.05) is 12.1 Å². The van der Waals surface area contributed by atoms with Crippen molar-refractivity contribution >= 4 is 11.0 Å². The molecule has 0 bridgehead atoms. The fourth-order valence-electron chi connectivity index (χ4n) is 1.51. The zero-order chi connectivity index (χ0) is 10.1. The molecule has 2 heterocycles. The summed E-state index contributed by atoms with van der Waals surface area (Å²) < 4.78 is 0. The number of rotatable bonds is 2. The smallest absolute Gasteiger partial charge is 0.137 e. The minimum atomic E-state index is -0.561. The van der Waals surface area contributed by atoms with E-state index in [2.05, 4.69) is 9.97 Å². The van der Waals surface area contributed by atoms with Crippen molar-refractivity contribution in [2.24, 2.45) is 5.73 Å². The zero-order valence-corrected chi connectivity index (χ0v) is 7.94. The topological polar surface area (TPSA) is 74.9 Å². The Balaban J connectivity index is 2.53. The van der Waals surface area contributed by atoms with Crippen molar-refractivity contribution in [2.45, 2.75) is 19.1 Å². The highest BCUT2D eigenvalue weighted by atomic mass is 16.3.